The second kappa shape index (κ2) is 5.46. The molecule has 3 nitrogen and oxygen atoms in total. The number of hydrogen-bond donors (Lipinski definition) is 2. The van der Waals surface area contributed by atoms with Gasteiger partial charge in [0, 0.05) is 11.4 Å². The molecule has 0 aliphatic heterocycles. The minimum atomic E-state index is -0.827. The summed E-state index contributed by atoms with van der Waals surface area (Å²) in [5.74, 6) is 0.00551. The van der Waals surface area contributed by atoms with Crippen molar-refractivity contribution in [2.45, 2.75) is 32.2 Å². The van der Waals surface area contributed by atoms with Gasteiger partial charge in [-0.3, -0.25) is 0 Å². The van der Waals surface area contributed by atoms with Crippen LogP contribution in [-0.2, 0) is 6.54 Å². The minimum absolute atomic E-state index is 0.428. The lowest BCUT2D eigenvalue weighted by atomic mass is 10.1. The van der Waals surface area contributed by atoms with E-state index in [9.17, 15) is 4.79 Å². The molecule has 2 N–H and O–H groups in total. The van der Waals surface area contributed by atoms with Crippen LogP contribution in [0.15, 0.2) is 12.1 Å². The van der Waals surface area contributed by atoms with Gasteiger partial charge in [-0.1, -0.05) is 12.8 Å². The molecule has 4 heteroatoms. The number of hydrogen-bond acceptors (Lipinski definition) is 3. The zero-order chi connectivity index (χ0) is 11.4. The fourth-order valence-corrected chi connectivity index (χ4v) is 3.02. The highest BCUT2D eigenvalue weighted by atomic mass is 32.1. The SMILES string of the molecule is O=C(O)c1ccc(CNCC2CCCC2)s1. The normalized spacial score (nSPS) is 16.8. The average Bonchev–Trinajstić information content (AvgIpc) is 2.87. The van der Waals surface area contributed by atoms with Gasteiger partial charge in [0.2, 0.25) is 0 Å². The molecule has 0 atom stereocenters. The predicted molar refractivity (Wildman–Crippen MR) is 64.9 cm³/mol. The Bertz CT molecular complexity index is 356. The predicted octanol–water partition coefficient (Wildman–Crippen LogP) is 2.73. The topological polar surface area (TPSA) is 49.3 Å². The molecule has 0 bridgehead atoms. The van der Waals surface area contributed by atoms with Gasteiger partial charge in [0.05, 0.1) is 0 Å². The maximum Gasteiger partial charge on any atom is 0.345 e. The van der Waals surface area contributed by atoms with E-state index in [4.69, 9.17) is 5.11 Å². The summed E-state index contributed by atoms with van der Waals surface area (Å²) in [6, 6.07) is 3.58. The smallest absolute Gasteiger partial charge is 0.345 e. The highest BCUT2D eigenvalue weighted by Gasteiger charge is 2.14. The summed E-state index contributed by atoms with van der Waals surface area (Å²) in [6.45, 7) is 1.87. The van der Waals surface area contributed by atoms with E-state index in [2.05, 4.69) is 5.32 Å². The van der Waals surface area contributed by atoms with Crippen LogP contribution in [0.4, 0.5) is 0 Å². The van der Waals surface area contributed by atoms with Crippen molar-refractivity contribution in [3.63, 3.8) is 0 Å². The van der Waals surface area contributed by atoms with E-state index >= 15 is 0 Å². The van der Waals surface area contributed by atoms with E-state index in [1.807, 2.05) is 6.07 Å². The van der Waals surface area contributed by atoms with Crippen molar-refractivity contribution >= 4 is 17.3 Å². The summed E-state index contributed by atoms with van der Waals surface area (Å²) in [5, 5.41) is 12.2. The summed E-state index contributed by atoms with van der Waals surface area (Å²) < 4.78 is 0. The first-order chi connectivity index (χ1) is 7.75. The Labute approximate surface area is 99.5 Å². The van der Waals surface area contributed by atoms with Crippen molar-refractivity contribution in [1.82, 2.24) is 5.32 Å². The van der Waals surface area contributed by atoms with Crippen LogP contribution in [0.25, 0.3) is 0 Å². The van der Waals surface area contributed by atoms with Crippen LogP contribution in [0.1, 0.15) is 40.2 Å². The third-order valence-corrected chi connectivity index (χ3v) is 4.15. The molecular weight excluding hydrogens is 222 g/mol. The van der Waals surface area contributed by atoms with E-state index in [1.165, 1.54) is 37.0 Å². The van der Waals surface area contributed by atoms with Gasteiger partial charge < -0.3 is 10.4 Å². The van der Waals surface area contributed by atoms with E-state index < -0.39 is 5.97 Å². The second-order valence-electron chi connectivity index (χ2n) is 4.35. The molecule has 0 unspecified atom stereocenters. The van der Waals surface area contributed by atoms with Crippen LogP contribution in [0.2, 0.25) is 0 Å². The molecule has 0 saturated heterocycles. The third kappa shape index (κ3) is 3.06. The van der Waals surface area contributed by atoms with Crippen LogP contribution in [0.3, 0.4) is 0 Å². The number of aromatic carboxylic acids is 1. The van der Waals surface area contributed by atoms with Crippen molar-refractivity contribution in [2.24, 2.45) is 5.92 Å². The molecule has 2 rings (SSSR count). The van der Waals surface area contributed by atoms with Gasteiger partial charge in [-0.05, 0) is 37.4 Å². The highest BCUT2D eigenvalue weighted by Crippen LogP contribution is 2.24. The van der Waals surface area contributed by atoms with Crippen molar-refractivity contribution in [3.05, 3.63) is 21.9 Å². The quantitative estimate of drug-likeness (QED) is 0.830. The summed E-state index contributed by atoms with van der Waals surface area (Å²) in [6.07, 6.45) is 5.43. The molecule has 1 aliphatic rings. The summed E-state index contributed by atoms with van der Waals surface area (Å²) in [5.41, 5.74) is 0. The van der Waals surface area contributed by atoms with Gasteiger partial charge in [0.1, 0.15) is 4.88 Å². The molecule has 0 aromatic carbocycles. The van der Waals surface area contributed by atoms with Crippen LogP contribution in [-0.4, -0.2) is 17.6 Å². The van der Waals surface area contributed by atoms with E-state index in [1.54, 1.807) is 6.07 Å². The zero-order valence-electron chi connectivity index (χ0n) is 9.24. The molecule has 16 heavy (non-hydrogen) atoms. The van der Waals surface area contributed by atoms with Gasteiger partial charge in [0.25, 0.3) is 0 Å². The monoisotopic (exact) mass is 239 g/mol. The average molecular weight is 239 g/mol. The van der Waals surface area contributed by atoms with E-state index in [0.29, 0.717) is 4.88 Å². The minimum Gasteiger partial charge on any atom is -0.477 e. The Hall–Kier alpha value is -0.870. The molecule has 1 aliphatic carbocycles. The first kappa shape index (κ1) is 11.6. The van der Waals surface area contributed by atoms with Crippen molar-refractivity contribution in [2.75, 3.05) is 6.54 Å². The lowest BCUT2D eigenvalue weighted by Crippen LogP contribution is -2.20. The first-order valence-corrected chi connectivity index (χ1v) is 6.60. The lowest BCUT2D eigenvalue weighted by molar-refractivity contribution is 0.0702. The standard InChI is InChI=1S/C12H17NO2S/c14-12(15)11-6-5-10(16-11)8-13-7-9-3-1-2-4-9/h5-6,9,13H,1-4,7-8H2,(H,14,15). The Morgan fingerprint density at radius 3 is 2.81 bits per heavy atom. The summed E-state index contributed by atoms with van der Waals surface area (Å²) in [7, 11) is 0. The number of thiophene rings is 1. The molecule has 88 valence electrons. The van der Waals surface area contributed by atoms with Crippen LogP contribution in [0.5, 0.6) is 0 Å². The number of rotatable bonds is 5. The summed E-state index contributed by atoms with van der Waals surface area (Å²) in [4.78, 5) is 12.2. The fourth-order valence-electron chi connectivity index (χ4n) is 2.20. The number of carbonyl (C=O) groups is 1. The van der Waals surface area contributed by atoms with Crippen LogP contribution < -0.4 is 5.32 Å². The lowest BCUT2D eigenvalue weighted by Gasteiger charge is -2.09. The van der Waals surface area contributed by atoms with Gasteiger partial charge in [0.15, 0.2) is 0 Å². The number of nitrogens with one attached hydrogen (secondary N) is 1. The van der Waals surface area contributed by atoms with Crippen LogP contribution in [0, 0.1) is 5.92 Å². The highest BCUT2D eigenvalue weighted by molar-refractivity contribution is 7.13. The van der Waals surface area contributed by atoms with Crippen molar-refractivity contribution in [1.29, 1.82) is 0 Å². The first-order valence-electron chi connectivity index (χ1n) is 5.78. The molecule has 1 fully saturated rings. The van der Waals surface area contributed by atoms with Crippen molar-refractivity contribution in [3.8, 4) is 0 Å². The van der Waals surface area contributed by atoms with Gasteiger partial charge in [-0.2, -0.15) is 0 Å². The molecule has 1 aromatic rings. The Kier molecular flexibility index (Phi) is 3.96. The molecular formula is C12H17NO2S. The Morgan fingerprint density at radius 2 is 2.19 bits per heavy atom. The molecule has 1 saturated carbocycles. The van der Waals surface area contributed by atoms with E-state index in [-0.39, 0.29) is 0 Å². The Morgan fingerprint density at radius 1 is 1.44 bits per heavy atom. The number of carboxylic acids is 1. The fraction of sp³-hybridized carbons (Fsp3) is 0.583. The zero-order valence-corrected chi connectivity index (χ0v) is 10.1. The molecule has 0 radical (unpaired) electrons. The largest absolute Gasteiger partial charge is 0.477 e. The van der Waals surface area contributed by atoms with E-state index in [0.717, 1.165) is 23.9 Å². The Balaban J connectivity index is 1.74. The molecule has 1 heterocycles. The third-order valence-electron chi connectivity index (χ3n) is 3.08. The molecule has 1 aromatic heterocycles. The summed E-state index contributed by atoms with van der Waals surface area (Å²) >= 11 is 1.36. The molecule has 0 spiro atoms. The van der Waals surface area contributed by atoms with Crippen LogP contribution >= 0.6 is 11.3 Å². The van der Waals surface area contributed by atoms with Gasteiger partial charge in [-0.25, -0.2) is 4.79 Å². The van der Waals surface area contributed by atoms with Crippen molar-refractivity contribution < 1.29 is 9.90 Å². The maximum atomic E-state index is 10.7. The van der Waals surface area contributed by atoms with Gasteiger partial charge >= 0.3 is 5.97 Å². The number of carboxylic acid groups (broad SMARTS) is 1. The molecule has 0 amide bonds. The second-order valence-corrected chi connectivity index (χ2v) is 5.52. The van der Waals surface area contributed by atoms with Gasteiger partial charge in [-0.15, -0.1) is 11.3 Å². The maximum absolute atomic E-state index is 10.7.